The summed E-state index contributed by atoms with van der Waals surface area (Å²) >= 11 is 1.67. The Balaban J connectivity index is 2.05. The Kier molecular flexibility index (Phi) is 3.08. The van der Waals surface area contributed by atoms with E-state index in [4.69, 9.17) is 0 Å². The highest BCUT2D eigenvalue weighted by Gasteiger charge is 2.09. The van der Waals surface area contributed by atoms with Gasteiger partial charge in [0, 0.05) is 35.4 Å². The molecule has 0 radical (unpaired) electrons. The molecule has 0 aliphatic rings. The maximum atomic E-state index is 4.48. The average Bonchev–Trinajstić information content (AvgIpc) is 3.00. The van der Waals surface area contributed by atoms with Crippen LogP contribution in [0.3, 0.4) is 0 Å². The van der Waals surface area contributed by atoms with Crippen LogP contribution in [0.2, 0.25) is 0 Å². The molecule has 3 aromatic heterocycles. The van der Waals surface area contributed by atoms with Crippen molar-refractivity contribution in [2.24, 2.45) is 0 Å². The van der Waals surface area contributed by atoms with Crippen LogP contribution in [0.4, 0.5) is 0 Å². The van der Waals surface area contributed by atoms with Gasteiger partial charge in [-0.3, -0.25) is 4.98 Å². The lowest BCUT2D eigenvalue weighted by atomic mass is 10.2. The topological polar surface area (TPSA) is 42.7 Å². The van der Waals surface area contributed by atoms with Gasteiger partial charge in [-0.2, -0.15) is 0 Å². The van der Waals surface area contributed by atoms with Gasteiger partial charge in [0.25, 0.3) is 0 Å². The van der Waals surface area contributed by atoms with E-state index in [1.54, 1.807) is 11.3 Å². The van der Waals surface area contributed by atoms with E-state index in [1.807, 2.05) is 31.0 Å². The van der Waals surface area contributed by atoms with E-state index < -0.39 is 0 Å². The lowest BCUT2D eigenvalue weighted by molar-refractivity contribution is 0.796. The molecule has 1 N–H and O–H groups in total. The SMILES string of the molecule is CNCc1cn(Cc2cncs2)c2ncccc12. The fraction of sp³-hybridized carbons (Fsp3) is 0.231. The Hall–Kier alpha value is -1.72. The van der Waals surface area contributed by atoms with E-state index in [-0.39, 0.29) is 0 Å². The predicted molar refractivity (Wildman–Crippen MR) is 73.7 cm³/mol. The maximum absolute atomic E-state index is 4.48. The van der Waals surface area contributed by atoms with Crippen molar-refractivity contribution in [1.29, 1.82) is 0 Å². The molecule has 18 heavy (non-hydrogen) atoms. The van der Waals surface area contributed by atoms with Gasteiger partial charge in [0.15, 0.2) is 0 Å². The summed E-state index contributed by atoms with van der Waals surface area (Å²) in [4.78, 5) is 9.84. The molecule has 0 unspecified atom stereocenters. The summed E-state index contributed by atoms with van der Waals surface area (Å²) in [6, 6.07) is 4.11. The molecule has 0 bridgehead atoms. The minimum Gasteiger partial charge on any atom is -0.327 e. The highest BCUT2D eigenvalue weighted by molar-refractivity contribution is 7.09. The Morgan fingerprint density at radius 1 is 1.44 bits per heavy atom. The summed E-state index contributed by atoms with van der Waals surface area (Å²) in [5.41, 5.74) is 4.18. The number of pyridine rings is 1. The number of nitrogens with one attached hydrogen (secondary N) is 1. The third-order valence-corrected chi connectivity index (χ3v) is 3.66. The van der Waals surface area contributed by atoms with Crippen LogP contribution < -0.4 is 5.32 Å². The lowest BCUT2D eigenvalue weighted by Gasteiger charge is -2.00. The number of rotatable bonds is 4. The van der Waals surface area contributed by atoms with Crippen molar-refractivity contribution in [3.05, 3.63) is 46.7 Å². The van der Waals surface area contributed by atoms with Crippen molar-refractivity contribution in [3.63, 3.8) is 0 Å². The largest absolute Gasteiger partial charge is 0.327 e. The van der Waals surface area contributed by atoms with Gasteiger partial charge in [-0.25, -0.2) is 4.98 Å². The Morgan fingerprint density at radius 2 is 2.39 bits per heavy atom. The van der Waals surface area contributed by atoms with E-state index in [1.165, 1.54) is 15.8 Å². The summed E-state index contributed by atoms with van der Waals surface area (Å²) in [6.45, 7) is 1.69. The number of aromatic nitrogens is 3. The predicted octanol–water partition coefficient (Wildman–Crippen LogP) is 2.26. The zero-order valence-electron chi connectivity index (χ0n) is 10.1. The van der Waals surface area contributed by atoms with Crippen molar-refractivity contribution >= 4 is 22.4 Å². The van der Waals surface area contributed by atoms with Crippen molar-refractivity contribution in [1.82, 2.24) is 19.9 Å². The molecule has 3 aromatic rings. The van der Waals surface area contributed by atoms with E-state index in [0.29, 0.717) is 0 Å². The smallest absolute Gasteiger partial charge is 0.140 e. The van der Waals surface area contributed by atoms with Crippen LogP contribution in [0.1, 0.15) is 10.4 Å². The Labute approximate surface area is 109 Å². The standard InChI is InChI=1S/C13H14N4S/c1-14-5-10-7-17(8-11-6-15-9-18-11)13-12(10)3-2-4-16-13/h2-4,6-7,9,14H,5,8H2,1H3. The number of fused-ring (bicyclic) bond motifs is 1. The summed E-state index contributed by atoms with van der Waals surface area (Å²) < 4.78 is 2.19. The first-order chi connectivity index (χ1) is 8.88. The molecule has 0 saturated heterocycles. The molecule has 0 atom stereocenters. The van der Waals surface area contributed by atoms with Gasteiger partial charge in [-0.05, 0) is 24.7 Å². The van der Waals surface area contributed by atoms with E-state index in [0.717, 1.165) is 18.7 Å². The zero-order chi connectivity index (χ0) is 12.4. The third-order valence-electron chi connectivity index (χ3n) is 2.89. The van der Waals surface area contributed by atoms with Crippen molar-refractivity contribution in [2.45, 2.75) is 13.1 Å². The summed E-state index contributed by atoms with van der Waals surface area (Å²) in [6.07, 6.45) is 5.93. The molecule has 0 aliphatic heterocycles. The Bertz CT molecular complexity index is 642. The minimum atomic E-state index is 0.835. The molecule has 4 nitrogen and oxygen atoms in total. The number of hydrogen-bond acceptors (Lipinski definition) is 4. The fourth-order valence-corrected chi connectivity index (χ4v) is 2.73. The van der Waals surface area contributed by atoms with Crippen LogP contribution in [0.5, 0.6) is 0 Å². The molecular formula is C13H14N4S. The average molecular weight is 258 g/mol. The van der Waals surface area contributed by atoms with E-state index >= 15 is 0 Å². The van der Waals surface area contributed by atoms with Crippen LogP contribution in [0, 0.1) is 0 Å². The zero-order valence-corrected chi connectivity index (χ0v) is 10.9. The van der Waals surface area contributed by atoms with Gasteiger partial charge in [0.1, 0.15) is 5.65 Å². The van der Waals surface area contributed by atoms with Crippen LogP contribution in [-0.4, -0.2) is 21.6 Å². The quantitative estimate of drug-likeness (QED) is 0.780. The van der Waals surface area contributed by atoms with Gasteiger partial charge in [-0.1, -0.05) is 0 Å². The van der Waals surface area contributed by atoms with Crippen molar-refractivity contribution in [3.8, 4) is 0 Å². The van der Waals surface area contributed by atoms with Gasteiger partial charge in [-0.15, -0.1) is 11.3 Å². The molecule has 3 heterocycles. The second kappa shape index (κ2) is 4.88. The minimum absolute atomic E-state index is 0.835. The molecule has 0 fully saturated rings. The molecule has 0 spiro atoms. The highest BCUT2D eigenvalue weighted by Crippen LogP contribution is 2.21. The lowest BCUT2D eigenvalue weighted by Crippen LogP contribution is -2.04. The van der Waals surface area contributed by atoms with E-state index in [9.17, 15) is 0 Å². The van der Waals surface area contributed by atoms with Crippen LogP contribution in [-0.2, 0) is 13.1 Å². The molecular weight excluding hydrogens is 244 g/mol. The molecule has 0 aliphatic carbocycles. The molecule has 0 aromatic carbocycles. The first-order valence-corrected chi connectivity index (χ1v) is 6.71. The van der Waals surface area contributed by atoms with Crippen molar-refractivity contribution < 1.29 is 0 Å². The van der Waals surface area contributed by atoms with Crippen LogP contribution in [0.15, 0.2) is 36.2 Å². The van der Waals surface area contributed by atoms with Gasteiger partial charge in [0.05, 0.1) is 12.1 Å². The Morgan fingerprint density at radius 3 is 3.17 bits per heavy atom. The summed E-state index contributed by atoms with van der Waals surface area (Å²) in [5, 5.41) is 4.42. The van der Waals surface area contributed by atoms with Crippen LogP contribution >= 0.6 is 11.3 Å². The first kappa shape index (κ1) is 11.4. The molecule has 3 rings (SSSR count). The van der Waals surface area contributed by atoms with Gasteiger partial charge in [0.2, 0.25) is 0 Å². The monoisotopic (exact) mass is 258 g/mol. The van der Waals surface area contributed by atoms with E-state index in [2.05, 4.69) is 32.1 Å². The number of thiazole rings is 1. The number of hydrogen-bond donors (Lipinski definition) is 1. The maximum Gasteiger partial charge on any atom is 0.140 e. The van der Waals surface area contributed by atoms with Crippen molar-refractivity contribution in [2.75, 3.05) is 7.05 Å². The van der Waals surface area contributed by atoms with Gasteiger partial charge >= 0.3 is 0 Å². The number of nitrogens with zero attached hydrogens (tertiary/aromatic N) is 3. The molecule has 0 saturated carbocycles. The first-order valence-electron chi connectivity index (χ1n) is 5.83. The summed E-state index contributed by atoms with van der Waals surface area (Å²) in [7, 11) is 1.96. The molecule has 5 heteroatoms. The second-order valence-electron chi connectivity index (χ2n) is 4.15. The molecule has 0 amide bonds. The van der Waals surface area contributed by atoms with Crippen LogP contribution in [0.25, 0.3) is 11.0 Å². The third kappa shape index (κ3) is 2.02. The summed E-state index contributed by atoms with van der Waals surface area (Å²) in [5.74, 6) is 0. The normalized spacial score (nSPS) is 11.2. The molecule has 92 valence electrons. The second-order valence-corrected chi connectivity index (χ2v) is 5.13. The highest BCUT2D eigenvalue weighted by atomic mass is 32.1. The fourth-order valence-electron chi connectivity index (χ4n) is 2.14. The van der Waals surface area contributed by atoms with Gasteiger partial charge < -0.3 is 9.88 Å².